The maximum atomic E-state index is 4.31. The van der Waals surface area contributed by atoms with Crippen molar-refractivity contribution in [3.63, 3.8) is 0 Å². The second kappa shape index (κ2) is 21.2. The molecule has 0 unspecified atom stereocenters. The van der Waals surface area contributed by atoms with Crippen LogP contribution < -0.4 is 0 Å². The highest BCUT2D eigenvalue weighted by molar-refractivity contribution is 6.29. The van der Waals surface area contributed by atoms with Crippen LogP contribution in [0.2, 0.25) is 0 Å². The van der Waals surface area contributed by atoms with Crippen molar-refractivity contribution in [2.75, 3.05) is 0 Å². The van der Waals surface area contributed by atoms with E-state index < -0.39 is 0 Å². The maximum Gasteiger partial charge on any atom is -0.00199 e. The van der Waals surface area contributed by atoms with Crippen LogP contribution in [0, 0.1) is 0 Å². The average molecular weight is 1070 g/mol. The minimum Gasteiger partial charge on any atom is -0.0984 e. The summed E-state index contributed by atoms with van der Waals surface area (Å²) >= 11 is 0. The maximum absolute atomic E-state index is 4.31. The topological polar surface area (TPSA) is 0 Å². The number of rotatable bonds is 10. The highest BCUT2D eigenvalue weighted by atomic mass is 14.3. The van der Waals surface area contributed by atoms with Crippen molar-refractivity contribution in [1.82, 2.24) is 0 Å². The van der Waals surface area contributed by atoms with Gasteiger partial charge in [0.1, 0.15) is 0 Å². The SMILES string of the molecule is C=Cc1cccc(-c2c(C=C)c(C=C)c(-c3cc4ccc5ccccc5c4c(C=C)c3C=C)c3ccccc23)c1C=C.c1ccc2cc(-c3c4ccccc4c(-c4cc5ccc6ccccc6c5c5ccccc45)c4ccccc34)ccc2c1. The third-order valence-corrected chi connectivity index (χ3v) is 17.3. The van der Waals surface area contributed by atoms with Crippen molar-refractivity contribution in [1.29, 1.82) is 0 Å². The Labute approximate surface area is 490 Å². The van der Waals surface area contributed by atoms with E-state index >= 15 is 0 Å². The van der Waals surface area contributed by atoms with Gasteiger partial charge in [-0.25, -0.2) is 0 Å². The third kappa shape index (κ3) is 8.14. The van der Waals surface area contributed by atoms with Crippen LogP contribution in [0.15, 0.2) is 282 Å². The number of fused-ring (bicyclic) bond motifs is 12. The largest absolute Gasteiger partial charge is 0.0984 e. The Morgan fingerprint density at radius 2 is 0.607 bits per heavy atom. The smallest absolute Gasteiger partial charge is 0.00199 e. The van der Waals surface area contributed by atoms with Crippen LogP contribution in [0.3, 0.4) is 0 Å². The van der Waals surface area contributed by atoms with Crippen molar-refractivity contribution < 1.29 is 0 Å². The van der Waals surface area contributed by atoms with E-state index in [0.717, 1.165) is 71.8 Å². The third-order valence-electron chi connectivity index (χ3n) is 17.3. The van der Waals surface area contributed by atoms with Crippen LogP contribution in [-0.4, -0.2) is 0 Å². The van der Waals surface area contributed by atoms with Gasteiger partial charge in [0.05, 0.1) is 0 Å². The first-order valence-corrected chi connectivity index (χ1v) is 28.7. The van der Waals surface area contributed by atoms with Crippen LogP contribution in [0.1, 0.15) is 33.4 Å². The second-order valence-corrected chi connectivity index (χ2v) is 21.6. The molecule has 0 aliphatic heterocycles. The lowest BCUT2D eigenvalue weighted by Crippen LogP contribution is -2.00. The van der Waals surface area contributed by atoms with Crippen LogP contribution in [0.4, 0.5) is 0 Å². The molecule has 0 saturated heterocycles. The Hall–Kier alpha value is -10.9. The monoisotopic (exact) mass is 1070 g/mol. The molecule has 0 aliphatic rings. The highest BCUT2D eigenvalue weighted by Gasteiger charge is 2.24. The second-order valence-electron chi connectivity index (χ2n) is 21.6. The molecule has 0 aliphatic carbocycles. The van der Waals surface area contributed by atoms with E-state index in [9.17, 15) is 0 Å². The van der Waals surface area contributed by atoms with Gasteiger partial charge in [-0.1, -0.05) is 300 Å². The van der Waals surface area contributed by atoms with Crippen molar-refractivity contribution in [2.45, 2.75) is 0 Å². The molecule has 0 nitrogen and oxygen atoms in total. The number of benzene rings is 15. The summed E-state index contributed by atoms with van der Waals surface area (Å²) in [5.74, 6) is 0. The van der Waals surface area contributed by atoms with E-state index in [4.69, 9.17) is 0 Å². The quantitative estimate of drug-likeness (QED) is 0.0946. The summed E-state index contributed by atoms with van der Waals surface area (Å²) < 4.78 is 0. The molecule has 0 amide bonds. The fourth-order valence-electron chi connectivity index (χ4n) is 13.7. The average Bonchev–Trinajstić information content (AvgIpc) is 1.46. The van der Waals surface area contributed by atoms with Gasteiger partial charge in [-0.15, -0.1) is 0 Å². The van der Waals surface area contributed by atoms with Crippen molar-refractivity contribution >= 4 is 133 Å². The lowest BCUT2D eigenvalue weighted by Gasteiger charge is -2.24. The Morgan fingerprint density at radius 1 is 0.202 bits per heavy atom. The van der Waals surface area contributed by atoms with Crippen molar-refractivity contribution in [2.24, 2.45) is 0 Å². The number of hydrogen-bond acceptors (Lipinski definition) is 0. The van der Waals surface area contributed by atoms with Crippen LogP contribution in [0.5, 0.6) is 0 Å². The minimum atomic E-state index is 1.02. The van der Waals surface area contributed by atoms with Crippen molar-refractivity contribution in [3.8, 4) is 44.5 Å². The first kappa shape index (κ1) is 51.2. The van der Waals surface area contributed by atoms with E-state index in [2.05, 4.69) is 282 Å². The molecular weight excluding hydrogens is 1010 g/mol. The van der Waals surface area contributed by atoms with Gasteiger partial charge >= 0.3 is 0 Å². The zero-order valence-electron chi connectivity index (χ0n) is 46.8. The Balaban J connectivity index is 0.000000149. The van der Waals surface area contributed by atoms with Gasteiger partial charge in [0.2, 0.25) is 0 Å². The molecular formula is C84H58. The van der Waals surface area contributed by atoms with Gasteiger partial charge in [0.15, 0.2) is 0 Å². The molecule has 15 aromatic rings. The van der Waals surface area contributed by atoms with E-state index in [1.54, 1.807) is 0 Å². The fourth-order valence-corrected chi connectivity index (χ4v) is 13.7. The molecule has 0 heterocycles. The van der Waals surface area contributed by atoms with Crippen molar-refractivity contribution in [3.05, 3.63) is 316 Å². The zero-order valence-corrected chi connectivity index (χ0v) is 46.8. The van der Waals surface area contributed by atoms with Gasteiger partial charge in [0, 0.05) is 0 Å². The lowest BCUT2D eigenvalue weighted by molar-refractivity contribution is 1.55. The van der Waals surface area contributed by atoms with E-state index in [1.165, 1.54) is 103 Å². The van der Waals surface area contributed by atoms with Crippen LogP contribution in [-0.2, 0) is 0 Å². The molecule has 0 heteroatoms. The summed E-state index contributed by atoms with van der Waals surface area (Å²) in [4.78, 5) is 0. The lowest BCUT2D eigenvalue weighted by atomic mass is 9.79. The fraction of sp³-hybridized carbons (Fsp3) is 0. The zero-order chi connectivity index (χ0) is 57.0. The summed E-state index contributed by atoms with van der Waals surface area (Å²) in [6, 6.07) is 88.2. The summed E-state index contributed by atoms with van der Waals surface area (Å²) in [6.45, 7) is 25.3. The molecule has 0 aromatic heterocycles. The molecule has 15 aromatic carbocycles. The Morgan fingerprint density at radius 3 is 1.15 bits per heavy atom. The molecule has 0 bridgehead atoms. The predicted octanol–water partition coefficient (Wildman–Crippen LogP) is 24.3. The minimum absolute atomic E-state index is 1.02. The molecule has 0 saturated carbocycles. The first-order valence-electron chi connectivity index (χ1n) is 28.7. The number of hydrogen-bond donors (Lipinski definition) is 0. The molecule has 0 atom stereocenters. The molecule has 394 valence electrons. The van der Waals surface area contributed by atoms with Gasteiger partial charge in [-0.3, -0.25) is 0 Å². The van der Waals surface area contributed by atoms with E-state index in [-0.39, 0.29) is 0 Å². The molecule has 0 radical (unpaired) electrons. The van der Waals surface area contributed by atoms with Gasteiger partial charge in [-0.2, -0.15) is 0 Å². The summed E-state index contributed by atoms with van der Waals surface area (Å²) in [6.07, 6.45) is 11.6. The summed E-state index contributed by atoms with van der Waals surface area (Å²) in [5.41, 5.74) is 15.8. The van der Waals surface area contributed by atoms with E-state index in [0.29, 0.717) is 0 Å². The van der Waals surface area contributed by atoms with Gasteiger partial charge < -0.3 is 0 Å². The van der Waals surface area contributed by atoms with Crippen LogP contribution >= 0.6 is 0 Å². The Kier molecular flexibility index (Phi) is 12.9. The first-order chi connectivity index (χ1) is 41.5. The molecule has 15 rings (SSSR count). The van der Waals surface area contributed by atoms with Gasteiger partial charge in [-0.05, 0) is 193 Å². The Bertz CT molecular complexity index is 5250. The highest BCUT2D eigenvalue weighted by Crippen LogP contribution is 2.50. The molecule has 84 heavy (non-hydrogen) atoms. The summed E-state index contributed by atoms with van der Waals surface area (Å²) in [5, 5.41) is 22.4. The summed E-state index contributed by atoms with van der Waals surface area (Å²) in [7, 11) is 0. The molecule has 0 spiro atoms. The molecule has 0 fully saturated rings. The predicted molar refractivity (Wildman–Crippen MR) is 373 cm³/mol. The van der Waals surface area contributed by atoms with Crippen LogP contribution in [0.25, 0.3) is 178 Å². The standard InChI is InChI=1S/C42H26.C42H32/c1-2-13-29-25-30(23-21-27(29)11-1)41-35-17-7-9-19-37(35)42(38-20-10-8-18-36(38)41)39-26-31-24-22-28-12-3-4-14-32(28)40(31)34-16-6-5-15-33(34)39;1-7-27-19-17-23-36(30(27)8-2)41-33(11-5)34(12-6)42(38-22-16-15-21-37(38)41)39-26-29-25-24-28-18-13-14-20-35(28)40(29)32(10-4)31(39)9-3/h1-26H;7-26H,1-6H2. The normalized spacial score (nSPS) is 11.4. The molecule has 0 N–H and O–H groups in total. The van der Waals surface area contributed by atoms with E-state index in [1.807, 2.05) is 36.5 Å². The van der Waals surface area contributed by atoms with Gasteiger partial charge in [0.25, 0.3) is 0 Å².